The third kappa shape index (κ3) is 7.47. The van der Waals surface area contributed by atoms with E-state index in [0.717, 1.165) is 0 Å². The van der Waals surface area contributed by atoms with Gasteiger partial charge in [0.25, 0.3) is 0 Å². The van der Waals surface area contributed by atoms with Crippen LogP contribution in [0.1, 0.15) is 43.0 Å². The highest BCUT2D eigenvalue weighted by Crippen LogP contribution is 2.36. The minimum absolute atomic E-state index is 0.0429. The molecule has 2 aromatic rings. The normalized spacial score (nSPS) is 14.7. The number of benzene rings is 2. The summed E-state index contributed by atoms with van der Waals surface area (Å²) in [4.78, 5) is 23.8. The molecule has 0 heterocycles. The van der Waals surface area contributed by atoms with E-state index in [0.29, 0.717) is 17.7 Å². The molecule has 0 radical (unpaired) electrons. The van der Waals surface area contributed by atoms with Crippen molar-refractivity contribution in [3.63, 3.8) is 0 Å². The number of ether oxygens (including phenoxy) is 1. The summed E-state index contributed by atoms with van der Waals surface area (Å²) in [6, 6.07) is 8.81. The first-order valence-electron chi connectivity index (χ1n) is 10.1. The van der Waals surface area contributed by atoms with E-state index in [2.05, 4.69) is 10.6 Å². The van der Waals surface area contributed by atoms with Crippen LogP contribution < -0.4 is 10.6 Å². The Hall–Kier alpha value is -3.08. The molecule has 0 unspecified atom stereocenters. The number of carbonyl (C=O) groups is 2. The van der Waals surface area contributed by atoms with Crippen LogP contribution in [0.15, 0.2) is 48.5 Å². The number of amides is 2. The lowest BCUT2D eigenvalue weighted by Crippen LogP contribution is -2.53. The Balaban J connectivity index is 2.26. The van der Waals surface area contributed by atoms with Crippen molar-refractivity contribution >= 4 is 11.8 Å². The molecule has 11 heteroatoms. The van der Waals surface area contributed by atoms with Gasteiger partial charge in [-0.05, 0) is 43.2 Å². The van der Waals surface area contributed by atoms with Gasteiger partial charge in [-0.3, -0.25) is 9.59 Å². The van der Waals surface area contributed by atoms with Crippen molar-refractivity contribution < 1.29 is 40.7 Å². The number of hydrogen-bond acceptors (Lipinski definition) is 3. The molecular weight excluding hydrogens is 466 g/mol. The highest BCUT2D eigenvalue weighted by molar-refractivity contribution is 5.87. The zero-order chi connectivity index (χ0) is 25.7. The lowest BCUT2D eigenvalue weighted by molar-refractivity contribution is -0.143. The molecule has 2 rings (SSSR count). The Morgan fingerprint density at radius 1 is 0.912 bits per heavy atom. The van der Waals surface area contributed by atoms with Gasteiger partial charge in [0.2, 0.25) is 11.8 Å². The van der Waals surface area contributed by atoms with Crippen molar-refractivity contribution in [3.05, 3.63) is 70.8 Å². The first-order valence-corrected chi connectivity index (χ1v) is 10.1. The van der Waals surface area contributed by atoms with E-state index in [1.807, 2.05) is 0 Å². The Morgan fingerprint density at radius 2 is 1.44 bits per heavy atom. The minimum Gasteiger partial charge on any atom is -0.374 e. The van der Waals surface area contributed by atoms with Gasteiger partial charge in [0.15, 0.2) is 0 Å². The highest BCUT2D eigenvalue weighted by atomic mass is 19.4. The zero-order valence-corrected chi connectivity index (χ0v) is 18.6. The number of hydrogen-bond donors (Lipinski definition) is 2. The largest absolute Gasteiger partial charge is 0.416 e. The molecular formula is C23H24F6N2O3. The Bertz CT molecular complexity index is 976. The number of alkyl halides is 6. The van der Waals surface area contributed by atoms with Crippen molar-refractivity contribution in [2.75, 3.05) is 6.61 Å². The molecule has 0 aromatic heterocycles. The van der Waals surface area contributed by atoms with Crippen molar-refractivity contribution in [2.24, 2.45) is 0 Å². The fraction of sp³-hybridized carbons (Fsp3) is 0.391. The molecule has 186 valence electrons. The van der Waals surface area contributed by atoms with Crippen LogP contribution in [0.5, 0.6) is 0 Å². The average Bonchev–Trinajstić information content (AvgIpc) is 2.72. The summed E-state index contributed by atoms with van der Waals surface area (Å²) < 4.78 is 84.1. The second kappa shape index (κ2) is 10.5. The molecule has 0 bridgehead atoms. The molecule has 0 aliphatic carbocycles. The van der Waals surface area contributed by atoms with Crippen LogP contribution in [-0.4, -0.2) is 24.5 Å². The SMILES string of the molecule is CC(=O)N[C@@H](C)C(=O)N[C@](C)(COCc1cc(C(F)(F)F)cc(C(F)(F)F)c1)c1ccccc1. The first kappa shape index (κ1) is 27.2. The molecule has 0 aliphatic heterocycles. The van der Waals surface area contributed by atoms with Gasteiger partial charge in [-0.1, -0.05) is 30.3 Å². The predicted molar refractivity (Wildman–Crippen MR) is 111 cm³/mol. The molecule has 0 aliphatic rings. The van der Waals surface area contributed by atoms with Crippen LogP contribution >= 0.6 is 0 Å². The number of nitrogens with one attached hydrogen (secondary N) is 2. The maximum atomic E-state index is 13.1. The second-order valence-electron chi connectivity index (χ2n) is 8.02. The zero-order valence-electron chi connectivity index (χ0n) is 18.6. The summed E-state index contributed by atoms with van der Waals surface area (Å²) in [5.74, 6) is -0.978. The molecule has 5 nitrogen and oxygen atoms in total. The van der Waals surface area contributed by atoms with E-state index in [1.165, 1.54) is 13.8 Å². The molecule has 2 atom stereocenters. The fourth-order valence-corrected chi connectivity index (χ4v) is 3.22. The molecule has 2 amide bonds. The third-order valence-electron chi connectivity index (χ3n) is 4.93. The molecule has 0 spiro atoms. The number of halogens is 6. The lowest BCUT2D eigenvalue weighted by atomic mass is 9.92. The van der Waals surface area contributed by atoms with Gasteiger partial charge in [-0.25, -0.2) is 0 Å². The molecule has 2 aromatic carbocycles. The average molecular weight is 490 g/mol. The molecule has 0 saturated heterocycles. The maximum Gasteiger partial charge on any atom is 0.416 e. The molecule has 34 heavy (non-hydrogen) atoms. The molecule has 0 fully saturated rings. The second-order valence-corrected chi connectivity index (χ2v) is 8.02. The van der Waals surface area contributed by atoms with Crippen molar-refractivity contribution in [1.29, 1.82) is 0 Å². The minimum atomic E-state index is -4.97. The van der Waals surface area contributed by atoms with E-state index in [-0.39, 0.29) is 18.2 Å². The van der Waals surface area contributed by atoms with Gasteiger partial charge in [-0.15, -0.1) is 0 Å². The first-order chi connectivity index (χ1) is 15.6. The van der Waals surface area contributed by atoms with Crippen LogP contribution in [0.25, 0.3) is 0 Å². The lowest BCUT2D eigenvalue weighted by Gasteiger charge is -2.32. The monoisotopic (exact) mass is 490 g/mol. The van der Waals surface area contributed by atoms with Gasteiger partial charge < -0.3 is 15.4 Å². The topological polar surface area (TPSA) is 67.4 Å². The standard InChI is InChI=1S/C23H24F6N2O3/c1-14(30-15(2)32)20(33)31-21(3,17-7-5-4-6-8-17)13-34-12-16-9-18(22(24,25)26)11-19(10-16)23(27,28)29/h4-11,14H,12-13H2,1-3H3,(H,30,32)(H,31,33)/t14-,21+/m0/s1. The van der Waals surface area contributed by atoms with Crippen LogP contribution in [0.4, 0.5) is 26.3 Å². The third-order valence-corrected chi connectivity index (χ3v) is 4.93. The number of carbonyl (C=O) groups excluding carboxylic acids is 2. The van der Waals surface area contributed by atoms with Crippen LogP contribution in [0, 0.1) is 0 Å². The van der Waals surface area contributed by atoms with Crippen molar-refractivity contribution in [3.8, 4) is 0 Å². The highest BCUT2D eigenvalue weighted by Gasteiger charge is 2.37. The van der Waals surface area contributed by atoms with Gasteiger partial charge in [0, 0.05) is 6.92 Å². The summed E-state index contributed by atoms with van der Waals surface area (Å²) >= 11 is 0. The van der Waals surface area contributed by atoms with Crippen LogP contribution in [0.2, 0.25) is 0 Å². The van der Waals surface area contributed by atoms with E-state index >= 15 is 0 Å². The van der Waals surface area contributed by atoms with E-state index in [4.69, 9.17) is 4.74 Å². The molecule has 0 saturated carbocycles. The van der Waals surface area contributed by atoms with Gasteiger partial charge in [-0.2, -0.15) is 26.3 Å². The smallest absolute Gasteiger partial charge is 0.374 e. The Morgan fingerprint density at radius 3 is 1.91 bits per heavy atom. The van der Waals surface area contributed by atoms with E-state index in [1.54, 1.807) is 37.3 Å². The summed E-state index contributed by atoms with van der Waals surface area (Å²) in [5.41, 5.74) is -3.82. The van der Waals surface area contributed by atoms with E-state index in [9.17, 15) is 35.9 Å². The van der Waals surface area contributed by atoms with Crippen molar-refractivity contribution in [1.82, 2.24) is 10.6 Å². The van der Waals surface area contributed by atoms with Gasteiger partial charge in [0.1, 0.15) is 6.04 Å². The van der Waals surface area contributed by atoms with Gasteiger partial charge >= 0.3 is 12.4 Å². The summed E-state index contributed by atoms with van der Waals surface area (Å²) in [5, 5.41) is 5.17. The number of rotatable bonds is 8. The summed E-state index contributed by atoms with van der Waals surface area (Å²) in [6.07, 6.45) is -9.94. The predicted octanol–water partition coefficient (Wildman–Crippen LogP) is 4.80. The Labute approximate surface area is 192 Å². The summed E-state index contributed by atoms with van der Waals surface area (Å²) in [6.45, 7) is 3.46. The van der Waals surface area contributed by atoms with E-state index < -0.39 is 53.5 Å². The maximum absolute atomic E-state index is 13.1. The fourth-order valence-electron chi connectivity index (χ4n) is 3.22. The van der Waals surface area contributed by atoms with Crippen LogP contribution in [-0.2, 0) is 38.8 Å². The van der Waals surface area contributed by atoms with Crippen LogP contribution in [0.3, 0.4) is 0 Å². The summed E-state index contributed by atoms with van der Waals surface area (Å²) in [7, 11) is 0. The molecule has 2 N–H and O–H groups in total. The quantitative estimate of drug-likeness (QED) is 0.523. The van der Waals surface area contributed by atoms with Crippen molar-refractivity contribution in [2.45, 2.75) is 51.3 Å². The Kier molecular flexibility index (Phi) is 8.35. The van der Waals surface area contributed by atoms with Gasteiger partial charge in [0.05, 0.1) is 29.9 Å².